The van der Waals surface area contributed by atoms with Crippen molar-refractivity contribution in [3.05, 3.63) is 58.1 Å². The predicted octanol–water partition coefficient (Wildman–Crippen LogP) is 5.23. The van der Waals surface area contributed by atoms with Crippen molar-refractivity contribution >= 4 is 45.1 Å². The molecule has 28 heavy (non-hydrogen) atoms. The van der Waals surface area contributed by atoms with E-state index in [1.807, 2.05) is 12.1 Å². The van der Waals surface area contributed by atoms with E-state index in [1.165, 1.54) is 36.4 Å². The van der Waals surface area contributed by atoms with Crippen LogP contribution in [0.1, 0.15) is 11.9 Å². The molecule has 0 spiro atoms. The topological polar surface area (TPSA) is 25.6 Å². The van der Waals surface area contributed by atoms with E-state index in [-0.39, 0.29) is 0 Å². The normalized spacial score (nSPS) is 15.4. The molecule has 4 rings (SSSR count). The van der Waals surface area contributed by atoms with E-state index in [9.17, 15) is 0 Å². The Kier molecular flexibility index (Phi) is 5.08. The van der Waals surface area contributed by atoms with Gasteiger partial charge in [-0.05, 0) is 42.8 Å². The third-order valence-electron chi connectivity index (χ3n) is 4.85. The minimum Gasteiger partial charge on any atom is -0.497 e. The second-order valence-electron chi connectivity index (χ2n) is 6.70. The quantitative estimate of drug-likeness (QED) is 0.549. The number of fused-ring (bicyclic) bond motifs is 2. The van der Waals surface area contributed by atoms with Gasteiger partial charge < -0.3 is 14.4 Å². The summed E-state index contributed by atoms with van der Waals surface area (Å²) < 4.78 is 14.2. The third kappa shape index (κ3) is 3.38. The zero-order valence-corrected chi connectivity index (χ0v) is 18.3. The smallest absolute Gasteiger partial charge is 0.262 e. The number of anilines is 1. The first-order chi connectivity index (χ1) is 13.5. The molecule has 4 nitrogen and oxygen atoms in total. The number of thioether (sulfide) groups is 1. The number of allylic oxidation sites excluding steroid dienone is 2. The lowest BCUT2D eigenvalue weighted by Gasteiger charge is -2.14. The molecule has 0 saturated heterocycles. The van der Waals surface area contributed by atoms with E-state index >= 15 is 0 Å². The highest BCUT2D eigenvalue weighted by molar-refractivity contribution is 8.03. The SMILES string of the molecule is COc1ccc2c(c1)N(C)/C(=C/C(C)=C/c1sc3ccc(OC)cc3[n+]1C)S2. The van der Waals surface area contributed by atoms with Crippen LogP contribution < -0.4 is 18.9 Å². The van der Waals surface area contributed by atoms with Crippen LogP contribution >= 0.6 is 23.1 Å². The summed E-state index contributed by atoms with van der Waals surface area (Å²) in [6.45, 7) is 2.15. The van der Waals surface area contributed by atoms with Crippen LogP contribution in [0.4, 0.5) is 5.69 Å². The first-order valence-corrected chi connectivity index (χ1v) is 10.6. The average Bonchev–Trinajstić information content (AvgIpc) is 3.18. The second kappa shape index (κ2) is 7.53. The number of rotatable bonds is 4. The number of hydrogen-bond donors (Lipinski definition) is 0. The molecule has 1 aliphatic heterocycles. The Bertz CT molecular complexity index is 1120. The van der Waals surface area contributed by atoms with E-state index in [0.717, 1.165) is 11.5 Å². The zero-order valence-electron chi connectivity index (χ0n) is 16.6. The minimum atomic E-state index is 0.882. The van der Waals surface area contributed by atoms with Crippen molar-refractivity contribution < 1.29 is 14.0 Å². The highest BCUT2D eigenvalue weighted by Crippen LogP contribution is 2.46. The number of aromatic nitrogens is 1. The lowest BCUT2D eigenvalue weighted by atomic mass is 10.2. The van der Waals surface area contributed by atoms with Crippen molar-refractivity contribution in [2.24, 2.45) is 7.05 Å². The highest BCUT2D eigenvalue weighted by atomic mass is 32.2. The Balaban J connectivity index is 1.65. The van der Waals surface area contributed by atoms with Gasteiger partial charge in [0, 0.05) is 24.1 Å². The Labute approximate surface area is 173 Å². The maximum absolute atomic E-state index is 5.36. The molecular weight excluding hydrogens is 388 g/mol. The van der Waals surface area contributed by atoms with Gasteiger partial charge in [-0.25, -0.2) is 0 Å². The lowest BCUT2D eigenvalue weighted by molar-refractivity contribution is -0.642. The van der Waals surface area contributed by atoms with Crippen molar-refractivity contribution in [3.63, 3.8) is 0 Å². The summed E-state index contributed by atoms with van der Waals surface area (Å²) in [6.07, 6.45) is 4.48. The standard InChI is InChI=1S/C22H23N2O2S2/c1-14(10-21-23(2)17-12-15(25-4)6-8-19(17)27-21)11-22-24(3)18-13-16(26-5)7-9-20(18)28-22/h6-13H,1-5H3/q+1. The van der Waals surface area contributed by atoms with Gasteiger partial charge in [-0.2, -0.15) is 4.57 Å². The fourth-order valence-electron chi connectivity index (χ4n) is 3.23. The Morgan fingerprint density at radius 3 is 2.54 bits per heavy atom. The molecule has 3 aromatic rings. The number of ether oxygens (including phenoxy) is 2. The van der Waals surface area contributed by atoms with Gasteiger partial charge in [-0.3, -0.25) is 0 Å². The van der Waals surface area contributed by atoms with Crippen LogP contribution in [-0.4, -0.2) is 21.3 Å². The van der Waals surface area contributed by atoms with E-state index in [2.05, 4.69) is 66.9 Å². The van der Waals surface area contributed by atoms with Crippen LogP contribution in [-0.2, 0) is 7.05 Å². The molecule has 1 aliphatic rings. The molecule has 6 heteroatoms. The minimum absolute atomic E-state index is 0.882. The first kappa shape index (κ1) is 18.9. The summed E-state index contributed by atoms with van der Waals surface area (Å²) >= 11 is 3.57. The first-order valence-electron chi connectivity index (χ1n) is 8.96. The van der Waals surface area contributed by atoms with Crippen molar-refractivity contribution in [2.45, 2.75) is 11.8 Å². The molecular formula is C22H23N2O2S2+. The maximum Gasteiger partial charge on any atom is 0.262 e. The van der Waals surface area contributed by atoms with Gasteiger partial charge in [0.1, 0.15) is 23.2 Å². The molecule has 2 aromatic carbocycles. The van der Waals surface area contributed by atoms with Crippen LogP contribution in [0.15, 0.2) is 58.0 Å². The summed E-state index contributed by atoms with van der Waals surface area (Å²) in [5, 5.41) is 2.42. The van der Waals surface area contributed by atoms with E-state index < -0.39 is 0 Å². The third-order valence-corrected chi connectivity index (χ3v) is 7.18. The largest absolute Gasteiger partial charge is 0.497 e. The lowest BCUT2D eigenvalue weighted by Crippen LogP contribution is -2.28. The highest BCUT2D eigenvalue weighted by Gasteiger charge is 2.23. The predicted molar refractivity (Wildman–Crippen MR) is 119 cm³/mol. The molecule has 1 aromatic heterocycles. The fraction of sp³-hybridized carbons (Fsp3) is 0.227. The van der Waals surface area contributed by atoms with Crippen molar-refractivity contribution in [3.8, 4) is 11.5 Å². The van der Waals surface area contributed by atoms with Crippen LogP contribution in [0.2, 0.25) is 0 Å². The second-order valence-corrected chi connectivity index (χ2v) is 8.82. The molecule has 0 fully saturated rings. The monoisotopic (exact) mass is 411 g/mol. The van der Waals surface area contributed by atoms with Gasteiger partial charge >= 0.3 is 0 Å². The molecule has 0 saturated carbocycles. The summed E-state index contributed by atoms with van der Waals surface area (Å²) in [5.41, 5.74) is 3.58. The summed E-state index contributed by atoms with van der Waals surface area (Å²) in [4.78, 5) is 3.47. The Morgan fingerprint density at radius 1 is 1.07 bits per heavy atom. The molecule has 144 valence electrons. The van der Waals surface area contributed by atoms with Crippen LogP contribution in [0.5, 0.6) is 11.5 Å². The number of thiazole rings is 1. The summed E-state index contributed by atoms with van der Waals surface area (Å²) in [5.74, 6) is 1.76. The zero-order chi connectivity index (χ0) is 19.8. The molecule has 0 N–H and O–H groups in total. The van der Waals surface area contributed by atoms with Gasteiger partial charge in [-0.15, -0.1) is 0 Å². The summed E-state index contributed by atoms with van der Waals surface area (Å²) in [7, 11) is 7.61. The molecule has 0 aliphatic carbocycles. The van der Waals surface area contributed by atoms with Gasteiger partial charge in [0.15, 0.2) is 0 Å². The Hall–Kier alpha value is -2.44. The molecule has 0 radical (unpaired) electrons. The molecule has 0 amide bonds. The number of methoxy groups -OCH3 is 2. The fourth-order valence-corrected chi connectivity index (χ4v) is 5.51. The number of hydrogen-bond acceptors (Lipinski definition) is 5. The van der Waals surface area contributed by atoms with Crippen LogP contribution in [0.25, 0.3) is 16.3 Å². The van der Waals surface area contributed by atoms with Gasteiger partial charge in [-0.1, -0.05) is 23.1 Å². The van der Waals surface area contributed by atoms with Crippen molar-refractivity contribution in [2.75, 3.05) is 26.2 Å². The summed E-state index contributed by atoms with van der Waals surface area (Å²) in [6, 6.07) is 12.4. The number of benzene rings is 2. The van der Waals surface area contributed by atoms with Crippen molar-refractivity contribution in [1.29, 1.82) is 0 Å². The van der Waals surface area contributed by atoms with Gasteiger partial charge in [0.05, 0.1) is 31.0 Å². The molecule has 2 heterocycles. The maximum atomic E-state index is 5.36. The molecule has 0 bridgehead atoms. The van der Waals surface area contributed by atoms with Crippen LogP contribution in [0, 0.1) is 0 Å². The van der Waals surface area contributed by atoms with E-state index in [1.54, 1.807) is 37.3 Å². The van der Waals surface area contributed by atoms with E-state index in [4.69, 9.17) is 9.47 Å². The van der Waals surface area contributed by atoms with Crippen LogP contribution in [0.3, 0.4) is 0 Å². The van der Waals surface area contributed by atoms with Crippen molar-refractivity contribution in [1.82, 2.24) is 0 Å². The number of aryl methyl sites for hydroxylation is 1. The molecule has 0 atom stereocenters. The Morgan fingerprint density at radius 2 is 1.79 bits per heavy atom. The van der Waals surface area contributed by atoms with E-state index in [0.29, 0.717) is 0 Å². The van der Waals surface area contributed by atoms with Gasteiger partial charge in [0.25, 0.3) is 5.01 Å². The average molecular weight is 412 g/mol. The number of nitrogens with zero attached hydrogens (tertiary/aromatic N) is 2. The molecule has 0 unspecified atom stereocenters. The van der Waals surface area contributed by atoms with Gasteiger partial charge in [0.2, 0.25) is 5.52 Å².